The molecule has 0 aromatic heterocycles. The number of carbonyl (C=O) groups excluding carboxylic acids is 2. The Bertz CT molecular complexity index is 763. The third-order valence-electron chi connectivity index (χ3n) is 3.84. The molecular weight excluding hydrogens is 329 g/mol. The van der Waals surface area contributed by atoms with Gasteiger partial charge < -0.3 is 9.64 Å². The van der Waals surface area contributed by atoms with E-state index in [1.165, 1.54) is 19.2 Å². The number of halogens is 1. The van der Waals surface area contributed by atoms with Crippen molar-refractivity contribution >= 4 is 23.6 Å². The number of hydrogen-bond donors (Lipinski definition) is 0. The third-order valence-corrected chi connectivity index (χ3v) is 5.10. The second kappa shape index (κ2) is 7.05. The van der Waals surface area contributed by atoms with Crippen LogP contribution in [0.25, 0.3) is 0 Å². The minimum Gasteiger partial charge on any atom is -0.465 e. The van der Waals surface area contributed by atoms with Crippen LogP contribution in [0.2, 0.25) is 0 Å². The molecule has 2 aromatic carbocycles. The van der Waals surface area contributed by atoms with Crippen LogP contribution in [-0.4, -0.2) is 36.2 Å². The maximum absolute atomic E-state index is 13.5. The van der Waals surface area contributed by atoms with E-state index in [9.17, 15) is 14.0 Å². The molecule has 1 heterocycles. The van der Waals surface area contributed by atoms with E-state index >= 15 is 0 Å². The Labute approximate surface area is 143 Å². The van der Waals surface area contributed by atoms with E-state index in [0.29, 0.717) is 17.7 Å². The molecule has 1 amide bonds. The van der Waals surface area contributed by atoms with Gasteiger partial charge in [-0.15, -0.1) is 11.8 Å². The number of esters is 1. The minimum absolute atomic E-state index is 0.134. The van der Waals surface area contributed by atoms with Gasteiger partial charge in [0, 0.05) is 17.9 Å². The number of amides is 1. The maximum Gasteiger partial charge on any atom is 0.337 e. The lowest BCUT2D eigenvalue weighted by molar-refractivity contribution is 0.0599. The fourth-order valence-corrected chi connectivity index (χ4v) is 3.89. The Hall–Kier alpha value is -2.34. The van der Waals surface area contributed by atoms with Gasteiger partial charge in [-0.2, -0.15) is 0 Å². The van der Waals surface area contributed by atoms with Gasteiger partial charge in [-0.25, -0.2) is 9.18 Å². The van der Waals surface area contributed by atoms with Crippen LogP contribution in [0.3, 0.4) is 0 Å². The smallest absolute Gasteiger partial charge is 0.337 e. The molecule has 0 aliphatic carbocycles. The van der Waals surface area contributed by atoms with E-state index in [4.69, 9.17) is 0 Å². The molecule has 0 bridgehead atoms. The van der Waals surface area contributed by atoms with Crippen LogP contribution in [0.5, 0.6) is 0 Å². The average molecular weight is 345 g/mol. The van der Waals surface area contributed by atoms with Crippen molar-refractivity contribution in [2.75, 3.05) is 19.4 Å². The van der Waals surface area contributed by atoms with Gasteiger partial charge in [-0.3, -0.25) is 4.79 Å². The molecule has 0 N–H and O–H groups in total. The topological polar surface area (TPSA) is 46.6 Å². The SMILES string of the molecule is COC(=O)c1ccc(C(=O)N2CCS[C@H]2c2cccc(F)c2)cc1. The lowest BCUT2D eigenvalue weighted by Gasteiger charge is -2.24. The highest BCUT2D eigenvalue weighted by Gasteiger charge is 2.31. The predicted molar refractivity (Wildman–Crippen MR) is 90.4 cm³/mol. The summed E-state index contributed by atoms with van der Waals surface area (Å²) in [5, 5.41) is -0.200. The number of carbonyl (C=O) groups is 2. The highest BCUT2D eigenvalue weighted by molar-refractivity contribution is 7.99. The lowest BCUT2D eigenvalue weighted by Crippen LogP contribution is -2.30. The zero-order valence-corrected chi connectivity index (χ0v) is 13.9. The van der Waals surface area contributed by atoms with Crippen LogP contribution in [0.1, 0.15) is 31.7 Å². The summed E-state index contributed by atoms with van der Waals surface area (Å²) >= 11 is 1.61. The van der Waals surface area contributed by atoms with Crippen molar-refractivity contribution in [2.24, 2.45) is 0 Å². The molecule has 0 saturated carbocycles. The number of thioether (sulfide) groups is 1. The molecule has 1 fully saturated rings. The van der Waals surface area contributed by atoms with Crippen LogP contribution in [0.4, 0.5) is 4.39 Å². The Morgan fingerprint density at radius 2 is 1.88 bits per heavy atom. The van der Waals surface area contributed by atoms with Gasteiger partial charge in [0.15, 0.2) is 0 Å². The van der Waals surface area contributed by atoms with Crippen molar-refractivity contribution in [1.29, 1.82) is 0 Å². The van der Waals surface area contributed by atoms with Gasteiger partial charge >= 0.3 is 5.97 Å². The fraction of sp³-hybridized carbons (Fsp3) is 0.222. The first kappa shape index (κ1) is 16.5. The first-order valence-corrected chi connectivity index (χ1v) is 8.51. The number of methoxy groups -OCH3 is 1. The van der Waals surface area contributed by atoms with E-state index in [-0.39, 0.29) is 17.1 Å². The number of ether oxygens (including phenoxy) is 1. The molecule has 3 rings (SSSR count). The standard InChI is InChI=1S/C18H16FNO3S/c1-23-18(22)13-7-5-12(6-8-13)16(21)20-9-10-24-17(20)14-3-2-4-15(19)11-14/h2-8,11,17H,9-10H2,1H3/t17-/m0/s1. The van der Waals surface area contributed by atoms with Gasteiger partial charge in [0.25, 0.3) is 5.91 Å². The maximum atomic E-state index is 13.5. The summed E-state index contributed by atoms with van der Waals surface area (Å²) in [6.07, 6.45) is 0. The van der Waals surface area contributed by atoms with Crippen molar-refractivity contribution in [3.05, 3.63) is 71.0 Å². The van der Waals surface area contributed by atoms with Gasteiger partial charge in [-0.05, 0) is 42.0 Å². The van der Waals surface area contributed by atoms with Crippen molar-refractivity contribution in [3.8, 4) is 0 Å². The van der Waals surface area contributed by atoms with Crippen molar-refractivity contribution < 1.29 is 18.7 Å². The first-order chi connectivity index (χ1) is 11.6. The number of hydrogen-bond acceptors (Lipinski definition) is 4. The van der Waals surface area contributed by atoms with Gasteiger partial charge in [0.2, 0.25) is 0 Å². The van der Waals surface area contributed by atoms with Gasteiger partial charge in [0.1, 0.15) is 11.2 Å². The molecule has 2 aromatic rings. The van der Waals surface area contributed by atoms with Crippen LogP contribution in [-0.2, 0) is 4.74 Å². The largest absolute Gasteiger partial charge is 0.465 e. The zero-order chi connectivity index (χ0) is 17.1. The Kier molecular flexibility index (Phi) is 4.85. The first-order valence-electron chi connectivity index (χ1n) is 7.46. The number of benzene rings is 2. The van der Waals surface area contributed by atoms with E-state index < -0.39 is 5.97 Å². The molecule has 6 heteroatoms. The molecule has 0 radical (unpaired) electrons. The molecule has 1 saturated heterocycles. The average Bonchev–Trinajstić information content (AvgIpc) is 3.10. The molecule has 124 valence electrons. The Morgan fingerprint density at radius 1 is 1.17 bits per heavy atom. The van der Waals surface area contributed by atoms with E-state index in [0.717, 1.165) is 11.3 Å². The number of nitrogens with zero attached hydrogens (tertiary/aromatic N) is 1. The molecule has 1 aliphatic heterocycles. The molecule has 1 aliphatic rings. The van der Waals surface area contributed by atoms with E-state index in [1.807, 2.05) is 6.07 Å². The minimum atomic E-state index is -0.441. The summed E-state index contributed by atoms with van der Waals surface area (Å²) in [5.74, 6) is -0.0865. The second-order valence-electron chi connectivity index (χ2n) is 5.35. The molecule has 1 atom stereocenters. The molecule has 0 unspecified atom stereocenters. The zero-order valence-electron chi connectivity index (χ0n) is 13.1. The van der Waals surface area contributed by atoms with Crippen LogP contribution in [0.15, 0.2) is 48.5 Å². The predicted octanol–water partition coefficient (Wildman–Crippen LogP) is 3.50. The summed E-state index contributed by atoms with van der Waals surface area (Å²) in [6.45, 7) is 0.601. The summed E-state index contributed by atoms with van der Waals surface area (Å²) in [4.78, 5) is 26.0. The Balaban J connectivity index is 1.82. The van der Waals surface area contributed by atoms with Crippen LogP contribution < -0.4 is 0 Å². The monoisotopic (exact) mass is 345 g/mol. The van der Waals surface area contributed by atoms with E-state index in [2.05, 4.69) is 4.74 Å². The second-order valence-corrected chi connectivity index (χ2v) is 6.53. The van der Waals surface area contributed by atoms with E-state index in [1.54, 1.807) is 47.0 Å². The highest BCUT2D eigenvalue weighted by Crippen LogP contribution is 2.38. The normalized spacial score (nSPS) is 16.9. The number of rotatable bonds is 3. The lowest BCUT2D eigenvalue weighted by atomic mass is 10.1. The molecule has 4 nitrogen and oxygen atoms in total. The van der Waals surface area contributed by atoms with Crippen molar-refractivity contribution in [1.82, 2.24) is 4.90 Å². The summed E-state index contributed by atoms with van der Waals surface area (Å²) in [6, 6.07) is 12.7. The van der Waals surface area contributed by atoms with Gasteiger partial charge in [0.05, 0.1) is 12.7 Å². The van der Waals surface area contributed by atoms with Crippen molar-refractivity contribution in [3.63, 3.8) is 0 Å². The summed E-state index contributed by atoms with van der Waals surface area (Å²) < 4.78 is 18.1. The summed E-state index contributed by atoms with van der Waals surface area (Å²) in [7, 11) is 1.31. The van der Waals surface area contributed by atoms with Crippen LogP contribution >= 0.6 is 11.8 Å². The molecule has 0 spiro atoms. The van der Waals surface area contributed by atoms with Crippen LogP contribution in [0, 0.1) is 5.82 Å². The summed E-state index contributed by atoms with van der Waals surface area (Å²) in [5.41, 5.74) is 1.66. The quantitative estimate of drug-likeness (QED) is 0.799. The Morgan fingerprint density at radius 3 is 2.54 bits per heavy atom. The highest BCUT2D eigenvalue weighted by atomic mass is 32.2. The van der Waals surface area contributed by atoms with Crippen molar-refractivity contribution in [2.45, 2.75) is 5.37 Å². The fourth-order valence-electron chi connectivity index (χ4n) is 2.65. The van der Waals surface area contributed by atoms with Gasteiger partial charge in [-0.1, -0.05) is 12.1 Å². The molecular formula is C18H16FNO3S. The third kappa shape index (κ3) is 3.28. The molecule has 24 heavy (non-hydrogen) atoms.